The number of aliphatic hydroxyl groups is 1. The summed E-state index contributed by atoms with van der Waals surface area (Å²) in [7, 11) is 0. The van der Waals surface area contributed by atoms with E-state index in [1.54, 1.807) is 12.3 Å². The lowest BCUT2D eigenvalue weighted by Gasteiger charge is -2.42. The monoisotopic (exact) mass is 332 g/mol. The quantitative estimate of drug-likeness (QED) is 0.879. The van der Waals surface area contributed by atoms with Crippen molar-refractivity contribution in [3.63, 3.8) is 0 Å². The fourth-order valence-electron chi connectivity index (χ4n) is 3.92. The number of H-pyrrole nitrogens is 1. The number of β-amino-alcohol motifs (C(OH)–C–C–N with tert-alkyl or cyclic N) is 1. The molecule has 0 bridgehead atoms. The van der Waals surface area contributed by atoms with Gasteiger partial charge in [0.2, 0.25) is 0 Å². The first-order valence-corrected chi connectivity index (χ1v) is 8.76. The van der Waals surface area contributed by atoms with E-state index in [-0.39, 0.29) is 11.6 Å². The normalized spacial score (nSPS) is 25.1. The van der Waals surface area contributed by atoms with Gasteiger partial charge in [0.25, 0.3) is 5.56 Å². The van der Waals surface area contributed by atoms with Crippen LogP contribution in [0, 0.1) is 0 Å². The molecule has 7 heteroatoms. The van der Waals surface area contributed by atoms with E-state index in [1.807, 2.05) is 6.07 Å². The van der Waals surface area contributed by atoms with Crippen LogP contribution >= 0.6 is 0 Å². The number of nitrogens with zero attached hydrogens (tertiary/aromatic N) is 3. The number of likely N-dealkylation sites (tertiary alicyclic amines) is 1. The molecule has 2 saturated heterocycles. The molecular formula is C17H24N4O3. The number of rotatable bonds is 3. The fraction of sp³-hybridized carbons (Fsp3) is 0.647. The zero-order chi connectivity index (χ0) is 16.6. The summed E-state index contributed by atoms with van der Waals surface area (Å²) >= 11 is 0. The van der Waals surface area contributed by atoms with Crippen molar-refractivity contribution in [1.29, 1.82) is 0 Å². The Bertz CT molecular complexity index is 763. The molecule has 0 aromatic carbocycles. The van der Waals surface area contributed by atoms with E-state index in [0.717, 1.165) is 31.5 Å². The van der Waals surface area contributed by atoms with Crippen LogP contribution in [0.15, 0.2) is 23.1 Å². The minimum Gasteiger partial charge on any atom is -0.388 e. The predicted octanol–water partition coefficient (Wildman–Crippen LogP) is 1.09. The van der Waals surface area contributed by atoms with E-state index in [0.29, 0.717) is 38.2 Å². The Hall–Kier alpha value is -1.70. The van der Waals surface area contributed by atoms with Crippen LogP contribution in [0.25, 0.3) is 5.65 Å². The molecule has 24 heavy (non-hydrogen) atoms. The minimum absolute atomic E-state index is 0.0877. The first-order chi connectivity index (χ1) is 11.6. The topological polar surface area (TPSA) is 82.9 Å². The van der Waals surface area contributed by atoms with E-state index in [9.17, 15) is 9.90 Å². The standard InChI is InChI=1S/C17H24N4O3/c22-16-11-13(19-15-4-7-18-21(15)16)14-3-1-2-8-20(14)12-17(23)5-9-24-10-6-17/h4,7,11,14,18,23H,1-3,5-6,8-10,12H2/t14-/m1/s1. The van der Waals surface area contributed by atoms with Crippen LogP contribution < -0.4 is 5.56 Å². The van der Waals surface area contributed by atoms with Gasteiger partial charge in [0.05, 0.1) is 17.3 Å². The summed E-state index contributed by atoms with van der Waals surface area (Å²) in [5, 5.41) is 13.7. The van der Waals surface area contributed by atoms with Gasteiger partial charge in [-0.1, -0.05) is 6.42 Å². The third-order valence-corrected chi connectivity index (χ3v) is 5.28. The summed E-state index contributed by atoms with van der Waals surface area (Å²) in [4.78, 5) is 19.2. The average molecular weight is 332 g/mol. The Morgan fingerprint density at radius 2 is 2.21 bits per heavy atom. The Balaban J connectivity index is 1.62. The predicted molar refractivity (Wildman–Crippen MR) is 89.0 cm³/mol. The molecule has 4 rings (SSSR count). The summed E-state index contributed by atoms with van der Waals surface area (Å²) in [6.07, 6.45) is 6.27. The number of aromatic nitrogens is 3. The Kier molecular flexibility index (Phi) is 4.15. The summed E-state index contributed by atoms with van der Waals surface area (Å²) in [6.45, 7) is 2.78. The molecule has 0 spiro atoms. The number of aromatic amines is 1. The Morgan fingerprint density at radius 1 is 1.38 bits per heavy atom. The summed E-state index contributed by atoms with van der Waals surface area (Å²) in [6, 6.07) is 3.53. The number of nitrogens with one attached hydrogen (secondary N) is 1. The van der Waals surface area contributed by atoms with Crippen molar-refractivity contribution in [2.24, 2.45) is 0 Å². The molecule has 2 aliphatic rings. The molecule has 0 radical (unpaired) electrons. The lowest BCUT2D eigenvalue weighted by atomic mass is 9.90. The second kappa shape index (κ2) is 6.31. The van der Waals surface area contributed by atoms with Crippen LogP contribution in [-0.4, -0.2) is 56.5 Å². The summed E-state index contributed by atoms with van der Waals surface area (Å²) < 4.78 is 6.83. The van der Waals surface area contributed by atoms with E-state index >= 15 is 0 Å². The van der Waals surface area contributed by atoms with Crippen LogP contribution in [0.4, 0.5) is 0 Å². The molecule has 0 aliphatic carbocycles. The number of fused-ring (bicyclic) bond motifs is 1. The minimum atomic E-state index is -0.693. The molecule has 2 aliphatic heterocycles. The molecule has 7 nitrogen and oxygen atoms in total. The Labute approximate surface area is 140 Å². The van der Waals surface area contributed by atoms with Gasteiger partial charge in [-0.15, -0.1) is 0 Å². The van der Waals surface area contributed by atoms with Gasteiger partial charge in [0.15, 0.2) is 5.65 Å². The van der Waals surface area contributed by atoms with E-state index in [4.69, 9.17) is 4.74 Å². The zero-order valence-corrected chi connectivity index (χ0v) is 13.8. The molecule has 2 N–H and O–H groups in total. The molecular weight excluding hydrogens is 308 g/mol. The number of piperidine rings is 1. The second-order valence-corrected chi connectivity index (χ2v) is 6.99. The maximum atomic E-state index is 12.3. The number of hydrogen-bond donors (Lipinski definition) is 2. The SMILES string of the molecule is O=c1cc([C@H]2CCCCN2CC2(O)CCOCC2)nc2cc[nH]n12. The van der Waals surface area contributed by atoms with Crippen molar-refractivity contribution in [3.05, 3.63) is 34.4 Å². The van der Waals surface area contributed by atoms with Crippen molar-refractivity contribution in [2.75, 3.05) is 26.3 Å². The highest BCUT2D eigenvalue weighted by atomic mass is 16.5. The average Bonchev–Trinajstić information content (AvgIpc) is 3.05. The molecule has 2 fully saturated rings. The van der Waals surface area contributed by atoms with Gasteiger partial charge in [-0.25, -0.2) is 9.50 Å². The fourth-order valence-corrected chi connectivity index (χ4v) is 3.92. The van der Waals surface area contributed by atoms with E-state index < -0.39 is 5.60 Å². The van der Waals surface area contributed by atoms with Gasteiger partial charge in [-0.3, -0.25) is 14.8 Å². The summed E-state index contributed by atoms with van der Waals surface area (Å²) in [5.41, 5.74) is 0.680. The van der Waals surface area contributed by atoms with Gasteiger partial charge in [0.1, 0.15) is 0 Å². The molecule has 4 heterocycles. The van der Waals surface area contributed by atoms with Crippen LogP contribution in [0.1, 0.15) is 43.8 Å². The lowest BCUT2D eigenvalue weighted by Crippen LogP contribution is -2.49. The van der Waals surface area contributed by atoms with Crippen molar-refractivity contribution in [2.45, 2.75) is 43.7 Å². The lowest BCUT2D eigenvalue weighted by molar-refractivity contribution is -0.0888. The third-order valence-electron chi connectivity index (χ3n) is 5.28. The van der Waals surface area contributed by atoms with Crippen LogP contribution in [0.5, 0.6) is 0 Å². The van der Waals surface area contributed by atoms with Gasteiger partial charge >= 0.3 is 0 Å². The van der Waals surface area contributed by atoms with E-state index in [1.165, 1.54) is 4.52 Å². The van der Waals surface area contributed by atoms with Gasteiger partial charge < -0.3 is 9.84 Å². The Morgan fingerprint density at radius 3 is 3.04 bits per heavy atom. The molecule has 2 aromatic rings. The molecule has 1 atom stereocenters. The van der Waals surface area contributed by atoms with E-state index in [2.05, 4.69) is 15.0 Å². The molecule has 130 valence electrons. The first-order valence-electron chi connectivity index (χ1n) is 8.76. The summed E-state index contributed by atoms with van der Waals surface area (Å²) in [5.74, 6) is 0. The van der Waals surface area contributed by atoms with Crippen LogP contribution in [-0.2, 0) is 4.74 Å². The van der Waals surface area contributed by atoms with Crippen LogP contribution in [0.2, 0.25) is 0 Å². The van der Waals surface area contributed by atoms with Crippen molar-refractivity contribution in [3.8, 4) is 0 Å². The maximum Gasteiger partial charge on any atom is 0.272 e. The molecule has 2 aromatic heterocycles. The number of ether oxygens (including phenoxy) is 1. The van der Waals surface area contributed by atoms with Crippen molar-refractivity contribution < 1.29 is 9.84 Å². The maximum absolute atomic E-state index is 12.3. The highest BCUT2D eigenvalue weighted by molar-refractivity contribution is 5.37. The third kappa shape index (κ3) is 2.99. The highest BCUT2D eigenvalue weighted by Gasteiger charge is 2.36. The number of hydrogen-bond acceptors (Lipinski definition) is 5. The second-order valence-electron chi connectivity index (χ2n) is 6.99. The first kappa shape index (κ1) is 15.8. The van der Waals surface area contributed by atoms with Gasteiger partial charge in [-0.05, 0) is 19.4 Å². The van der Waals surface area contributed by atoms with Gasteiger partial charge in [-0.2, -0.15) is 0 Å². The van der Waals surface area contributed by atoms with Crippen LogP contribution in [0.3, 0.4) is 0 Å². The molecule has 0 saturated carbocycles. The van der Waals surface area contributed by atoms with Gasteiger partial charge in [0, 0.05) is 50.9 Å². The highest BCUT2D eigenvalue weighted by Crippen LogP contribution is 2.33. The largest absolute Gasteiger partial charge is 0.388 e. The smallest absolute Gasteiger partial charge is 0.272 e. The van der Waals surface area contributed by atoms with Crippen molar-refractivity contribution in [1.82, 2.24) is 19.5 Å². The van der Waals surface area contributed by atoms with Crippen molar-refractivity contribution >= 4 is 5.65 Å². The zero-order valence-electron chi connectivity index (χ0n) is 13.8. The molecule has 0 unspecified atom stereocenters. The molecule has 0 amide bonds.